The molecule has 0 bridgehead atoms. The fourth-order valence-corrected chi connectivity index (χ4v) is 9.46. The monoisotopic (exact) mass is 1110 g/mol. The van der Waals surface area contributed by atoms with Gasteiger partial charge in [0.05, 0.1) is 6.42 Å². The summed E-state index contributed by atoms with van der Waals surface area (Å²) in [7, 11) is 0. The van der Waals surface area contributed by atoms with Crippen molar-refractivity contribution in [2.75, 3.05) is 13.2 Å². The van der Waals surface area contributed by atoms with Crippen molar-refractivity contribution >= 4 is 17.9 Å². The highest BCUT2D eigenvalue weighted by Crippen LogP contribution is 2.17. The molecule has 6 heteroatoms. The van der Waals surface area contributed by atoms with Gasteiger partial charge in [0, 0.05) is 12.8 Å². The molecule has 0 aliphatic carbocycles. The summed E-state index contributed by atoms with van der Waals surface area (Å²) in [5, 5.41) is 0. The zero-order chi connectivity index (χ0) is 57.8. The Hall–Kier alpha value is -3.93. The lowest BCUT2D eigenvalue weighted by Crippen LogP contribution is -2.30. The fourth-order valence-electron chi connectivity index (χ4n) is 9.46. The second kappa shape index (κ2) is 67.6. The molecule has 0 N–H and O–H groups in total. The summed E-state index contributed by atoms with van der Waals surface area (Å²) < 4.78 is 16.8. The number of esters is 3. The molecule has 0 radical (unpaired) electrons. The third-order valence-electron chi connectivity index (χ3n) is 14.5. The molecule has 0 aliphatic heterocycles. The average molecular weight is 1110 g/mol. The predicted molar refractivity (Wildman–Crippen MR) is 348 cm³/mol. The molecule has 0 aromatic heterocycles. The smallest absolute Gasteiger partial charge is 0.309 e. The summed E-state index contributed by atoms with van der Waals surface area (Å²) in [6, 6.07) is 0. The van der Waals surface area contributed by atoms with E-state index in [9.17, 15) is 14.4 Å². The number of carbonyl (C=O) groups is 3. The van der Waals surface area contributed by atoms with E-state index in [-0.39, 0.29) is 31.6 Å². The molecule has 0 aromatic carbocycles. The third-order valence-corrected chi connectivity index (χ3v) is 14.5. The zero-order valence-corrected chi connectivity index (χ0v) is 52.6. The van der Waals surface area contributed by atoms with Gasteiger partial charge in [0.15, 0.2) is 6.10 Å². The molecule has 0 saturated heterocycles. The Morgan fingerprint density at radius 2 is 0.537 bits per heavy atom. The molecule has 0 aromatic rings. The number of hydrogen-bond donors (Lipinski definition) is 0. The minimum Gasteiger partial charge on any atom is -0.462 e. The number of allylic oxidation sites excluding steroid dienone is 17. The van der Waals surface area contributed by atoms with Crippen LogP contribution >= 0.6 is 0 Å². The van der Waals surface area contributed by atoms with Gasteiger partial charge in [0.1, 0.15) is 13.2 Å². The van der Waals surface area contributed by atoms with Gasteiger partial charge in [-0.25, -0.2) is 0 Å². The van der Waals surface area contributed by atoms with Crippen LogP contribution in [0.5, 0.6) is 0 Å². The molecule has 6 nitrogen and oxygen atoms in total. The maximum absolute atomic E-state index is 12.9. The van der Waals surface area contributed by atoms with Crippen molar-refractivity contribution in [1.82, 2.24) is 0 Å². The lowest BCUT2D eigenvalue weighted by atomic mass is 10.0. The Morgan fingerprint density at radius 1 is 0.275 bits per heavy atom. The molecule has 1 unspecified atom stereocenters. The molecule has 0 fully saturated rings. The largest absolute Gasteiger partial charge is 0.462 e. The van der Waals surface area contributed by atoms with Crippen LogP contribution in [0.4, 0.5) is 0 Å². The molecule has 0 rings (SSSR count). The number of unbranched alkanes of at least 4 members (excludes halogenated alkanes) is 33. The topological polar surface area (TPSA) is 78.9 Å². The van der Waals surface area contributed by atoms with E-state index in [0.717, 1.165) is 89.9 Å². The molecule has 0 saturated carbocycles. The first-order valence-corrected chi connectivity index (χ1v) is 33.9. The predicted octanol–water partition coefficient (Wildman–Crippen LogP) is 23.4. The van der Waals surface area contributed by atoms with E-state index < -0.39 is 12.1 Å². The van der Waals surface area contributed by atoms with Crippen molar-refractivity contribution in [3.63, 3.8) is 0 Å². The van der Waals surface area contributed by atoms with Gasteiger partial charge >= 0.3 is 17.9 Å². The highest BCUT2D eigenvalue weighted by Gasteiger charge is 2.19. The van der Waals surface area contributed by atoms with Gasteiger partial charge in [-0.3, -0.25) is 14.4 Å². The SMILES string of the molecule is CC/C=C\C/C=C\C/C=C\C/C=C\C/C=C\CC(=O)OCC(COC(=O)CCCCCCCCCCCCCCCCCCC/C=C\C/C=C\CCCCCCC)OC(=O)CCCCCCCCC/C=C\C/C=C\CCCCCC. The van der Waals surface area contributed by atoms with Crippen molar-refractivity contribution in [3.8, 4) is 0 Å². The minimum absolute atomic E-state index is 0.110. The fraction of sp³-hybridized carbons (Fsp3) is 0.716. The number of hydrogen-bond acceptors (Lipinski definition) is 6. The molecule has 0 amide bonds. The first-order valence-electron chi connectivity index (χ1n) is 33.9. The minimum atomic E-state index is -0.824. The highest BCUT2D eigenvalue weighted by molar-refractivity contribution is 5.72. The lowest BCUT2D eigenvalue weighted by Gasteiger charge is -2.18. The summed E-state index contributed by atoms with van der Waals surface area (Å²) in [6.45, 7) is 6.43. The van der Waals surface area contributed by atoms with E-state index in [2.05, 4.69) is 118 Å². The van der Waals surface area contributed by atoms with E-state index in [4.69, 9.17) is 14.2 Å². The second-order valence-electron chi connectivity index (χ2n) is 22.4. The van der Waals surface area contributed by atoms with Gasteiger partial charge in [-0.15, -0.1) is 0 Å². The molecular formula is C74H126O6. The first kappa shape index (κ1) is 76.1. The summed E-state index contributed by atoms with van der Waals surface area (Å²) in [4.78, 5) is 38.3. The van der Waals surface area contributed by atoms with Crippen LogP contribution in [0.2, 0.25) is 0 Å². The summed E-state index contributed by atoms with van der Waals surface area (Å²) in [5.41, 5.74) is 0. The molecule has 80 heavy (non-hydrogen) atoms. The van der Waals surface area contributed by atoms with E-state index >= 15 is 0 Å². The van der Waals surface area contributed by atoms with Crippen LogP contribution in [-0.2, 0) is 28.6 Å². The van der Waals surface area contributed by atoms with Crippen LogP contribution in [-0.4, -0.2) is 37.2 Å². The summed E-state index contributed by atoms with van der Waals surface area (Å²) >= 11 is 0. The van der Waals surface area contributed by atoms with Gasteiger partial charge in [-0.1, -0.05) is 304 Å². The molecular weight excluding hydrogens is 985 g/mol. The van der Waals surface area contributed by atoms with Crippen LogP contribution in [0.25, 0.3) is 0 Å². The average Bonchev–Trinajstić information content (AvgIpc) is 3.46. The lowest BCUT2D eigenvalue weighted by molar-refractivity contribution is -0.166. The number of carbonyl (C=O) groups excluding carboxylic acids is 3. The van der Waals surface area contributed by atoms with Gasteiger partial charge in [0.2, 0.25) is 0 Å². The van der Waals surface area contributed by atoms with Crippen LogP contribution in [0, 0.1) is 0 Å². The van der Waals surface area contributed by atoms with E-state index in [1.54, 1.807) is 6.08 Å². The Kier molecular flexibility index (Phi) is 64.3. The van der Waals surface area contributed by atoms with Crippen molar-refractivity contribution in [3.05, 3.63) is 109 Å². The molecule has 0 aliphatic rings. The van der Waals surface area contributed by atoms with Crippen molar-refractivity contribution in [2.45, 2.75) is 329 Å². The molecule has 0 spiro atoms. The molecule has 0 heterocycles. The van der Waals surface area contributed by atoms with Gasteiger partial charge in [0.25, 0.3) is 0 Å². The first-order chi connectivity index (χ1) is 39.5. The van der Waals surface area contributed by atoms with Crippen LogP contribution < -0.4 is 0 Å². The standard InChI is InChI=1S/C74H126O6/c1-4-7-10-13-16-19-22-25-28-30-32-33-34-35-36-37-38-39-40-41-42-44-46-49-52-55-58-61-64-67-73(76)79-70-71(69-78-72(75)66-63-60-57-54-51-48-45-27-24-21-18-15-12-9-6-3)80-74(77)68-65-62-59-56-53-50-47-43-31-29-26-23-20-17-14-11-8-5-2/h9,12,18,20-23,25,27,29-32,45,51,54,60,63,71H,4-8,10-11,13-17,19,24,26,28,33-44,46-50,52-53,55-59,61-62,64-70H2,1-3H3/b12-9-,21-18-,23-20-,25-22-,31-29-,32-30-,45-27-,54-51-,63-60-. The molecule has 458 valence electrons. The van der Waals surface area contributed by atoms with E-state index in [1.807, 2.05) is 6.08 Å². The molecule has 1 atom stereocenters. The van der Waals surface area contributed by atoms with Crippen molar-refractivity contribution in [1.29, 1.82) is 0 Å². The van der Waals surface area contributed by atoms with Crippen LogP contribution in [0.1, 0.15) is 323 Å². The quantitative estimate of drug-likeness (QED) is 0.0261. The van der Waals surface area contributed by atoms with Crippen molar-refractivity contribution < 1.29 is 28.6 Å². The van der Waals surface area contributed by atoms with E-state index in [1.165, 1.54) is 193 Å². The summed E-state index contributed by atoms with van der Waals surface area (Å²) in [5.74, 6) is -1.04. The van der Waals surface area contributed by atoms with Crippen molar-refractivity contribution in [2.24, 2.45) is 0 Å². The second-order valence-corrected chi connectivity index (χ2v) is 22.4. The van der Waals surface area contributed by atoms with Gasteiger partial charge < -0.3 is 14.2 Å². The third kappa shape index (κ3) is 64.9. The van der Waals surface area contributed by atoms with Gasteiger partial charge in [-0.2, -0.15) is 0 Å². The highest BCUT2D eigenvalue weighted by atomic mass is 16.6. The maximum Gasteiger partial charge on any atom is 0.309 e. The van der Waals surface area contributed by atoms with Gasteiger partial charge in [-0.05, 0) is 109 Å². The Labute approximate surface area is 495 Å². The van der Waals surface area contributed by atoms with E-state index in [0.29, 0.717) is 12.8 Å². The normalized spacial score (nSPS) is 12.8. The summed E-state index contributed by atoms with van der Waals surface area (Å²) in [6.07, 6.45) is 92.8. The zero-order valence-electron chi connectivity index (χ0n) is 52.6. The maximum atomic E-state index is 12.9. The number of ether oxygens (including phenoxy) is 3. The van der Waals surface area contributed by atoms with Crippen LogP contribution in [0.3, 0.4) is 0 Å². The Balaban J connectivity index is 4.33. The van der Waals surface area contributed by atoms with Crippen LogP contribution in [0.15, 0.2) is 109 Å². The Bertz CT molecular complexity index is 1610. The number of rotatable bonds is 61. The Morgan fingerprint density at radius 3 is 0.887 bits per heavy atom.